The lowest BCUT2D eigenvalue weighted by Gasteiger charge is -2.13. The Morgan fingerprint density at radius 2 is 1.93 bits per heavy atom. The third-order valence-electron chi connectivity index (χ3n) is 5.52. The molecule has 0 bridgehead atoms. The molecule has 0 atom stereocenters. The first-order valence-corrected chi connectivity index (χ1v) is 10.7. The number of ether oxygens (including phenoxy) is 2. The van der Waals surface area contributed by atoms with Crippen molar-refractivity contribution in [3.05, 3.63) is 63.8 Å². The minimum absolute atomic E-state index is 0.503. The monoisotopic (exact) mass is 426 g/mol. The molecule has 0 saturated carbocycles. The zero-order valence-electron chi connectivity index (χ0n) is 17.5. The van der Waals surface area contributed by atoms with E-state index in [1.54, 1.807) is 7.11 Å². The van der Waals surface area contributed by atoms with Gasteiger partial charge in [-0.15, -0.1) is 0 Å². The quantitative estimate of drug-likeness (QED) is 0.403. The van der Waals surface area contributed by atoms with Crippen LogP contribution in [0.25, 0.3) is 10.9 Å². The largest absolute Gasteiger partial charge is 0.495 e. The highest BCUT2D eigenvalue weighted by Gasteiger charge is 2.19. The van der Waals surface area contributed by atoms with Gasteiger partial charge >= 0.3 is 0 Å². The lowest BCUT2D eigenvalue weighted by Crippen LogP contribution is -2.15. The van der Waals surface area contributed by atoms with Crippen molar-refractivity contribution in [2.24, 2.45) is 5.16 Å². The zero-order valence-corrected chi connectivity index (χ0v) is 18.2. The van der Waals surface area contributed by atoms with Crippen LogP contribution >= 0.6 is 11.6 Å². The van der Waals surface area contributed by atoms with Gasteiger partial charge in [-0.2, -0.15) is 0 Å². The van der Waals surface area contributed by atoms with E-state index in [1.807, 2.05) is 18.2 Å². The summed E-state index contributed by atoms with van der Waals surface area (Å²) < 4.78 is 11.1. The van der Waals surface area contributed by atoms with Gasteiger partial charge in [-0.3, -0.25) is 0 Å². The Kier molecular flexibility index (Phi) is 6.60. The van der Waals surface area contributed by atoms with Gasteiger partial charge in [0.15, 0.2) is 0 Å². The van der Waals surface area contributed by atoms with Gasteiger partial charge in [0.25, 0.3) is 0 Å². The number of nitrogens with one attached hydrogen (secondary N) is 1. The number of hydrogen-bond acceptors (Lipinski definition) is 4. The summed E-state index contributed by atoms with van der Waals surface area (Å²) in [6, 6.07) is 12.5. The first-order chi connectivity index (χ1) is 14.7. The summed E-state index contributed by atoms with van der Waals surface area (Å²) >= 11 is 6.84. The van der Waals surface area contributed by atoms with E-state index in [1.165, 1.54) is 5.56 Å². The minimum Gasteiger partial charge on any atom is -0.495 e. The van der Waals surface area contributed by atoms with E-state index in [4.69, 9.17) is 25.9 Å². The van der Waals surface area contributed by atoms with Crippen molar-refractivity contribution in [2.75, 3.05) is 26.9 Å². The van der Waals surface area contributed by atoms with Crippen LogP contribution in [0.15, 0.2) is 41.6 Å². The van der Waals surface area contributed by atoms with E-state index in [0.29, 0.717) is 11.6 Å². The van der Waals surface area contributed by atoms with Crippen LogP contribution in [0.3, 0.4) is 0 Å². The molecule has 6 heteroatoms. The van der Waals surface area contributed by atoms with Crippen LogP contribution in [-0.4, -0.2) is 37.6 Å². The number of H-pyrrole nitrogens is 1. The fraction of sp³-hybridized carbons (Fsp3) is 0.375. The molecular formula is C24H27ClN2O3. The lowest BCUT2D eigenvalue weighted by atomic mass is 10.0. The van der Waals surface area contributed by atoms with Crippen LogP contribution in [0.5, 0.6) is 5.75 Å². The van der Waals surface area contributed by atoms with Gasteiger partial charge < -0.3 is 19.3 Å². The standard InChI is InChI=1S/C24H27ClN2O3/c1-16-20(10-13-30-27-19-8-11-29-12-9-19)22-21(26-16)15-18(24(28-2)23(22)25)14-17-6-4-3-5-7-17/h3-7,15,26H,8-14H2,1-2H3. The molecule has 1 saturated heterocycles. The number of nitrogens with zero attached hydrogens (tertiary/aromatic N) is 1. The Morgan fingerprint density at radius 3 is 2.67 bits per heavy atom. The Bertz CT molecular complexity index is 1040. The molecule has 2 heterocycles. The van der Waals surface area contributed by atoms with Gasteiger partial charge in [0.2, 0.25) is 0 Å². The second-order valence-electron chi connectivity index (χ2n) is 7.55. The molecule has 1 N–H and O–H groups in total. The van der Waals surface area contributed by atoms with Gasteiger partial charge in [-0.25, -0.2) is 0 Å². The number of halogens is 1. The summed E-state index contributed by atoms with van der Waals surface area (Å²) in [6.07, 6.45) is 3.18. The molecule has 5 nitrogen and oxygen atoms in total. The second-order valence-corrected chi connectivity index (χ2v) is 7.93. The molecule has 1 fully saturated rings. The average molecular weight is 427 g/mol. The number of oxime groups is 1. The van der Waals surface area contributed by atoms with Crippen LogP contribution in [0.1, 0.15) is 35.2 Å². The maximum Gasteiger partial charge on any atom is 0.141 e. The molecule has 0 amide bonds. The van der Waals surface area contributed by atoms with Crippen molar-refractivity contribution in [3.63, 3.8) is 0 Å². The highest BCUT2D eigenvalue weighted by molar-refractivity contribution is 6.37. The van der Waals surface area contributed by atoms with E-state index in [2.05, 4.69) is 35.3 Å². The molecule has 2 aromatic carbocycles. The fourth-order valence-corrected chi connectivity index (χ4v) is 4.42. The number of benzene rings is 2. The fourth-order valence-electron chi connectivity index (χ4n) is 4.01. The molecule has 1 aromatic heterocycles. The Balaban J connectivity index is 1.57. The molecule has 1 aliphatic heterocycles. The molecule has 1 aliphatic rings. The maximum absolute atomic E-state index is 6.84. The van der Waals surface area contributed by atoms with Crippen molar-refractivity contribution < 1.29 is 14.3 Å². The van der Waals surface area contributed by atoms with E-state index < -0.39 is 0 Å². The molecule has 0 aliphatic carbocycles. The van der Waals surface area contributed by atoms with Crippen LogP contribution in [0.2, 0.25) is 5.02 Å². The first-order valence-electron chi connectivity index (χ1n) is 10.3. The van der Waals surface area contributed by atoms with Crippen molar-refractivity contribution in [2.45, 2.75) is 32.6 Å². The third kappa shape index (κ3) is 4.47. The SMILES string of the molecule is COc1c(Cc2ccccc2)cc2[nH]c(C)c(CCON=C3CCOCC3)c2c1Cl. The van der Waals surface area contributed by atoms with Crippen molar-refractivity contribution in [1.29, 1.82) is 0 Å². The van der Waals surface area contributed by atoms with Gasteiger partial charge in [-0.05, 0) is 24.1 Å². The molecule has 0 radical (unpaired) electrons. The number of methoxy groups -OCH3 is 1. The highest BCUT2D eigenvalue weighted by Crippen LogP contribution is 2.40. The van der Waals surface area contributed by atoms with Crippen molar-refractivity contribution in [3.8, 4) is 5.75 Å². The zero-order chi connectivity index (χ0) is 20.9. The van der Waals surface area contributed by atoms with Crippen LogP contribution in [-0.2, 0) is 22.4 Å². The van der Waals surface area contributed by atoms with Crippen LogP contribution in [0.4, 0.5) is 0 Å². The van der Waals surface area contributed by atoms with Gasteiger partial charge in [-0.1, -0.05) is 47.1 Å². The lowest BCUT2D eigenvalue weighted by molar-refractivity contribution is 0.119. The van der Waals surface area contributed by atoms with Crippen molar-refractivity contribution >= 4 is 28.2 Å². The predicted octanol–water partition coefficient (Wildman–Crippen LogP) is 5.45. The van der Waals surface area contributed by atoms with Gasteiger partial charge in [0.1, 0.15) is 12.4 Å². The average Bonchev–Trinajstić information content (AvgIpc) is 3.08. The van der Waals surface area contributed by atoms with E-state index in [9.17, 15) is 0 Å². The molecule has 0 unspecified atom stereocenters. The highest BCUT2D eigenvalue weighted by atomic mass is 35.5. The summed E-state index contributed by atoms with van der Waals surface area (Å²) in [6.45, 7) is 4.02. The Hall–Kier alpha value is -2.50. The molecule has 30 heavy (non-hydrogen) atoms. The maximum atomic E-state index is 6.84. The number of fused-ring (bicyclic) bond motifs is 1. The van der Waals surface area contributed by atoms with E-state index >= 15 is 0 Å². The first kappa shape index (κ1) is 20.8. The number of aromatic nitrogens is 1. The summed E-state index contributed by atoms with van der Waals surface area (Å²) in [5.74, 6) is 0.733. The minimum atomic E-state index is 0.503. The number of hydrogen-bond donors (Lipinski definition) is 1. The Labute approximate surface area is 182 Å². The summed E-state index contributed by atoms with van der Waals surface area (Å²) in [5, 5.41) is 5.93. The molecule has 4 rings (SSSR count). The van der Waals surface area contributed by atoms with Crippen molar-refractivity contribution in [1.82, 2.24) is 4.98 Å². The van der Waals surface area contributed by atoms with Crippen LogP contribution in [0, 0.1) is 6.92 Å². The van der Waals surface area contributed by atoms with Crippen LogP contribution < -0.4 is 4.74 Å². The molecule has 158 valence electrons. The second kappa shape index (κ2) is 9.54. The molecule has 0 spiro atoms. The number of rotatable bonds is 7. The Morgan fingerprint density at radius 1 is 1.17 bits per heavy atom. The number of aromatic amines is 1. The summed E-state index contributed by atoms with van der Waals surface area (Å²) in [5.41, 5.74) is 6.61. The van der Waals surface area contributed by atoms with Gasteiger partial charge in [0, 0.05) is 47.8 Å². The van der Waals surface area contributed by atoms with Gasteiger partial charge in [0.05, 0.1) is 31.1 Å². The van der Waals surface area contributed by atoms with E-state index in [-0.39, 0.29) is 0 Å². The molecule has 3 aromatic rings. The third-order valence-corrected chi connectivity index (χ3v) is 5.88. The normalized spacial score (nSPS) is 14.2. The summed E-state index contributed by atoms with van der Waals surface area (Å²) in [7, 11) is 1.67. The number of aryl methyl sites for hydroxylation is 1. The summed E-state index contributed by atoms with van der Waals surface area (Å²) in [4.78, 5) is 9.08. The topological polar surface area (TPSA) is 55.8 Å². The molecular weight excluding hydrogens is 400 g/mol. The predicted molar refractivity (Wildman–Crippen MR) is 121 cm³/mol. The van der Waals surface area contributed by atoms with E-state index in [0.717, 1.165) is 78.1 Å². The smallest absolute Gasteiger partial charge is 0.141 e.